The highest BCUT2D eigenvalue weighted by molar-refractivity contribution is 5.44. The summed E-state index contributed by atoms with van der Waals surface area (Å²) in [6, 6.07) is 4.01. The van der Waals surface area contributed by atoms with Crippen LogP contribution in [-0.4, -0.2) is 32.5 Å². The van der Waals surface area contributed by atoms with E-state index in [1.54, 1.807) is 13.8 Å². The number of nitro groups is 1. The minimum absolute atomic E-state index is 0.00603. The molecule has 1 aromatic heterocycles. The molecular weight excluding hydrogens is 310 g/mol. The van der Waals surface area contributed by atoms with Crippen LogP contribution in [0.1, 0.15) is 28.1 Å². The number of aliphatic hydroxyl groups is 1. The average molecular weight is 333 g/mol. The monoisotopic (exact) mass is 333 g/mol. The summed E-state index contributed by atoms with van der Waals surface area (Å²) in [5, 5.41) is 25.4. The summed E-state index contributed by atoms with van der Waals surface area (Å²) in [5.41, 5.74) is 3.94. The number of ether oxygens (including phenoxy) is 1. The maximum Gasteiger partial charge on any atom is 0.312 e. The fraction of sp³-hybridized carbons (Fsp3) is 0.471. The number of hydrogen-bond donors (Lipinski definition) is 1. The lowest BCUT2D eigenvalue weighted by Crippen LogP contribution is -2.25. The average Bonchev–Trinajstić information content (AvgIpc) is 2.77. The van der Waals surface area contributed by atoms with Crippen LogP contribution in [0.2, 0.25) is 0 Å². The molecule has 0 spiro atoms. The Kier molecular flexibility index (Phi) is 5.23. The van der Waals surface area contributed by atoms with Crippen LogP contribution in [-0.2, 0) is 6.54 Å². The van der Waals surface area contributed by atoms with Crippen molar-refractivity contribution in [2.75, 3.05) is 6.61 Å². The van der Waals surface area contributed by atoms with Gasteiger partial charge in [0.2, 0.25) is 0 Å². The molecule has 130 valence electrons. The van der Waals surface area contributed by atoms with E-state index in [2.05, 4.69) is 5.10 Å². The van der Waals surface area contributed by atoms with Gasteiger partial charge in [0.1, 0.15) is 29.8 Å². The fourth-order valence-electron chi connectivity index (χ4n) is 2.71. The van der Waals surface area contributed by atoms with E-state index in [1.165, 1.54) is 4.68 Å². The van der Waals surface area contributed by atoms with E-state index in [1.807, 2.05) is 32.9 Å². The molecule has 24 heavy (non-hydrogen) atoms. The number of hydrogen-bond acceptors (Lipinski definition) is 5. The molecule has 0 aliphatic carbocycles. The molecular formula is C17H23N3O4. The molecule has 0 fully saturated rings. The summed E-state index contributed by atoms with van der Waals surface area (Å²) in [5.74, 6) is 0.772. The normalized spacial score (nSPS) is 12.2. The first-order valence-corrected chi connectivity index (χ1v) is 7.78. The van der Waals surface area contributed by atoms with Gasteiger partial charge in [0, 0.05) is 0 Å². The van der Waals surface area contributed by atoms with Crippen molar-refractivity contribution >= 4 is 5.69 Å². The van der Waals surface area contributed by atoms with Gasteiger partial charge in [0.15, 0.2) is 0 Å². The third kappa shape index (κ3) is 3.56. The smallest absolute Gasteiger partial charge is 0.312 e. The summed E-state index contributed by atoms with van der Waals surface area (Å²) in [7, 11) is 0. The molecule has 7 heteroatoms. The summed E-state index contributed by atoms with van der Waals surface area (Å²) >= 11 is 0. The lowest BCUT2D eigenvalue weighted by Gasteiger charge is -2.17. The fourth-order valence-corrected chi connectivity index (χ4v) is 2.71. The van der Waals surface area contributed by atoms with Gasteiger partial charge in [-0.25, -0.2) is 0 Å². The quantitative estimate of drug-likeness (QED) is 0.648. The van der Waals surface area contributed by atoms with E-state index in [0.29, 0.717) is 11.4 Å². The Bertz CT molecular complexity index is 768. The second kappa shape index (κ2) is 7.00. The molecule has 7 nitrogen and oxygen atoms in total. The topological polar surface area (TPSA) is 90.4 Å². The Hall–Kier alpha value is -2.41. The van der Waals surface area contributed by atoms with Crippen LogP contribution in [0.3, 0.4) is 0 Å². The maximum atomic E-state index is 11.0. The van der Waals surface area contributed by atoms with E-state index in [-0.39, 0.29) is 18.8 Å². The molecule has 0 unspecified atom stereocenters. The zero-order valence-corrected chi connectivity index (χ0v) is 14.7. The van der Waals surface area contributed by atoms with E-state index in [4.69, 9.17) is 4.74 Å². The van der Waals surface area contributed by atoms with Crippen LogP contribution in [0, 0.1) is 44.7 Å². The molecule has 0 aliphatic rings. The molecule has 0 saturated carbocycles. The zero-order chi connectivity index (χ0) is 18.0. The van der Waals surface area contributed by atoms with Gasteiger partial charge in [0.25, 0.3) is 0 Å². The van der Waals surface area contributed by atoms with Crippen LogP contribution in [0.15, 0.2) is 12.1 Å². The standard InChI is InChI=1S/C17H23N3O4/c1-10-6-7-11(2)17(12(10)3)24-9-15(21)8-19-14(5)16(20(22)23)13(4)18-19/h6-7,15,21H,8-9H2,1-5H3/t15-/m0/s1. The van der Waals surface area contributed by atoms with Gasteiger partial charge in [0.05, 0.1) is 11.5 Å². The van der Waals surface area contributed by atoms with Crippen LogP contribution in [0.25, 0.3) is 0 Å². The summed E-state index contributed by atoms with van der Waals surface area (Å²) in [6.07, 6.45) is -0.818. The molecule has 2 aromatic rings. The van der Waals surface area contributed by atoms with Gasteiger partial charge >= 0.3 is 5.69 Å². The Morgan fingerprint density at radius 2 is 1.88 bits per heavy atom. The van der Waals surface area contributed by atoms with Crippen LogP contribution >= 0.6 is 0 Å². The molecule has 0 bridgehead atoms. The Morgan fingerprint density at radius 1 is 1.25 bits per heavy atom. The third-order valence-electron chi connectivity index (χ3n) is 4.20. The number of aryl methyl sites for hydroxylation is 3. The molecule has 1 aromatic carbocycles. The SMILES string of the molecule is Cc1ccc(C)c(OC[C@@H](O)Cn2nc(C)c([N+](=O)[O-])c2C)c1C. The number of rotatable bonds is 6. The van der Waals surface area contributed by atoms with Gasteiger partial charge in [-0.3, -0.25) is 14.8 Å². The lowest BCUT2D eigenvalue weighted by molar-refractivity contribution is -0.386. The van der Waals surface area contributed by atoms with Gasteiger partial charge < -0.3 is 9.84 Å². The number of nitrogens with zero attached hydrogens (tertiary/aromatic N) is 3. The molecule has 0 saturated heterocycles. The van der Waals surface area contributed by atoms with Gasteiger partial charge in [-0.15, -0.1) is 0 Å². The van der Waals surface area contributed by atoms with Crippen LogP contribution < -0.4 is 4.74 Å². The Balaban J connectivity index is 2.08. The molecule has 0 amide bonds. The van der Waals surface area contributed by atoms with Crippen molar-refractivity contribution in [1.82, 2.24) is 9.78 Å². The second-order valence-electron chi connectivity index (χ2n) is 6.08. The molecule has 1 atom stereocenters. The van der Waals surface area contributed by atoms with Gasteiger partial charge in [-0.2, -0.15) is 5.10 Å². The minimum atomic E-state index is -0.818. The van der Waals surface area contributed by atoms with Gasteiger partial charge in [-0.05, 0) is 51.3 Å². The molecule has 2 rings (SSSR count). The first-order chi connectivity index (χ1) is 11.2. The highest BCUT2D eigenvalue weighted by Crippen LogP contribution is 2.26. The molecule has 0 aliphatic heterocycles. The van der Waals surface area contributed by atoms with E-state index in [0.717, 1.165) is 22.4 Å². The highest BCUT2D eigenvalue weighted by Gasteiger charge is 2.23. The van der Waals surface area contributed by atoms with Crippen molar-refractivity contribution in [2.45, 2.75) is 47.3 Å². The molecule has 0 radical (unpaired) electrons. The number of benzene rings is 1. The zero-order valence-electron chi connectivity index (χ0n) is 14.7. The van der Waals surface area contributed by atoms with Crippen molar-refractivity contribution in [1.29, 1.82) is 0 Å². The van der Waals surface area contributed by atoms with Crippen molar-refractivity contribution in [3.8, 4) is 5.75 Å². The highest BCUT2D eigenvalue weighted by atomic mass is 16.6. The first kappa shape index (κ1) is 17.9. The van der Waals surface area contributed by atoms with Crippen LogP contribution in [0.4, 0.5) is 5.69 Å². The Labute approximate surface area is 141 Å². The largest absolute Gasteiger partial charge is 0.490 e. The number of aromatic nitrogens is 2. The van der Waals surface area contributed by atoms with Crippen molar-refractivity contribution in [3.05, 3.63) is 50.3 Å². The predicted molar refractivity (Wildman–Crippen MR) is 90.5 cm³/mol. The predicted octanol–water partition coefficient (Wildman–Crippen LogP) is 2.77. The third-order valence-corrected chi connectivity index (χ3v) is 4.20. The molecule has 1 heterocycles. The minimum Gasteiger partial charge on any atom is -0.490 e. The van der Waals surface area contributed by atoms with Gasteiger partial charge in [-0.1, -0.05) is 12.1 Å². The number of aliphatic hydroxyl groups excluding tert-OH is 1. The maximum absolute atomic E-state index is 11.0. The second-order valence-corrected chi connectivity index (χ2v) is 6.08. The first-order valence-electron chi connectivity index (χ1n) is 7.78. The van der Waals surface area contributed by atoms with E-state index >= 15 is 0 Å². The summed E-state index contributed by atoms with van der Waals surface area (Å²) < 4.78 is 7.24. The van der Waals surface area contributed by atoms with Crippen molar-refractivity contribution < 1.29 is 14.8 Å². The lowest BCUT2D eigenvalue weighted by atomic mass is 10.1. The van der Waals surface area contributed by atoms with E-state index < -0.39 is 11.0 Å². The van der Waals surface area contributed by atoms with Crippen molar-refractivity contribution in [3.63, 3.8) is 0 Å². The van der Waals surface area contributed by atoms with E-state index in [9.17, 15) is 15.2 Å². The summed E-state index contributed by atoms with van der Waals surface area (Å²) in [4.78, 5) is 10.6. The van der Waals surface area contributed by atoms with Crippen LogP contribution in [0.5, 0.6) is 5.75 Å². The molecule has 1 N–H and O–H groups in total. The summed E-state index contributed by atoms with van der Waals surface area (Å²) in [6.45, 7) is 9.40. The Morgan fingerprint density at radius 3 is 2.46 bits per heavy atom. The van der Waals surface area contributed by atoms with Crippen molar-refractivity contribution in [2.24, 2.45) is 0 Å².